The summed E-state index contributed by atoms with van der Waals surface area (Å²) in [5.41, 5.74) is 0.00432. The molecule has 1 saturated heterocycles. The monoisotopic (exact) mass is 293 g/mol. The molecule has 0 aromatic heterocycles. The number of rotatable bonds is 3. The molecular formula is C10H8NNaO4S2. The maximum atomic E-state index is 11.6. The molecule has 18 heavy (non-hydrogen) atoms. The fourth-order valence-electron chi connectivity index (χ4n) is 1.59. The third-order valence-corrected chi connectivity index (χ3v) is 4.55. The van der Waals surface area contributed by atoms with Crippen molar-refractivity contribution in [3.63, 3.8) is 0 Å². The summed E-state index contributed by atoms with van der Waals surface area (Å²) >= 11 is 2.89. The molecule has 0 bridgehead atoms. The van der Waals surface area contributed by atoms with Gasteiger partial charge in [0.2, 0.25) is 5.91 Å². The Hall–Kier alpha value is -0.210. The number of aliphatic carboxylic acids is 1. The standard InChI is InChI=1S/C9H9NO3S2.CO.Na/c1-2-14-6-7(11)10-5(9(12)13)3-4-15-8(6)10;1-2;/h2-3,6,8H,1,4H2,(H,12,13);;/q;;+1/p-1/t6?,8-;;/m0../s1. The minimum atomic E-state index is -1.28. The predicted molar refractivity (Wildman–Crippen MR) is 63.5 cm³/mol. The van der Waals surface area contributed by atoms with E-state index >= 15 is 0 Å². The number of thioether (sulfide) groups is 2. The van der Waals surface area contributed by atoms with Crippen molar-refractivity contribution in [3.05, 3.63) is 23.8 Å². The predicted octanol–water partition coefficient (Wildman–Crippen LogP) is -3.61. The van der Waals surface area contributed by atoms with Crippen LogP contribution >= 0.6 is 23.5 Å². The molecule has 1 fully saturated rings. The van der Waals surface area contributed by atoms with Gasteiger partial charge in [0.25, 0.3) is 6.79 Å². The van der Waals surface area contributed by atoms with Gasteiger partial charge in [-0.3, -0.25) is 14.5 Å². The number of β-lactam (4-membered cyclic amide) rings is 1. The first-order chi connectivity index (χ1) is 8.16. The largest absolute Gasteiger partial charge is 1.00 e. The Morgan fingerprint density at radius 1 is 1.67 bits per heavy atom. The van der Waals surface area contributed by atoms with E-state index in [1.807, 2.05) is 0 Å². The molecule has 1 unspecified atom stereocenters. The van der Waals surface area contributed by atoms with E-state index in [1.165, 1.54) is 22.7 Å². The Morgan fingerprint density at radius 3 is 2.78 bits per heavy atom. The van der Waals surface area contributed by atoms with Crippen LogP contribution in [0.4, 0.5) is 0 Å². The van der Waals surface area contributed by atoms with Crippen LogP contribution in [0.2, 0.25) is 0 Å². The normalized spacial score (nSPS) is 24.3. The van der Waals surface area contributed by atoms with Crippen LogP contribution in [0.1, 0.15) is 0 Å². The summed E-state index contributed by atoms with van der Waals surface area (Å²) < 4.78 is 0. The average Bonchev–Trinajstić information content (AvgIpc) is 2.37. The van der Waals surface area contributed by atoms with Crippen LogP contribution in [0, 0.1) is 0 Å². The molecule has 2 heterocycles. The molecule has 2 aliphatic rings. The Morgan fingerprint density at radius 2 is 2.28 bits per heavy atom. The Labute approximate surface area is 135 Å². The molecule has 2 atom stereocenters. The summed E-state index contributed by atoms with van der Waals surface area (Å²) in [7, 11) is 0. The topological polar surface area (TPSA) is 77.5 Å². The smallest absolute Gasteiger partial charge is 0.543 e. The van der Waals surface area contributed by atoms with E-state index in [1.54, 1.807) is 17.2 Å². The number of amides is 1. The molecule has 5 nitrogen and oxygen atoms in total. The molecule has 1 amide bonds. The summed E-state index contributed by atoms with van der Waals surface area (Å²) in [6, 6.07) is 0. The summed E-state index contributed by atoms with van der Waals surface area (Å²) in [6.45, 7) is 8.05. The van der Waals surface area contributed by atoms with E-state index in [9.17, 15) is 14.7 Å². The van der Waals surface area contributed by atoms with Crippen molar-refractivity contribution in [1.29, 1.82) is 0 Å². The Bertz CT molecular complexity index is 388. The number of carboxylic acid groups (broad SMARTS) is 1. The zero-order chi connectivity index (χ0) is 13.0. The van der Waals surface area contributed by atoms with Crippen molar-refractivity contribution in [2.45, 2.75) is 10.6 Å². The SMILES string of the molecule is C=CSC1C(=O)N2C(C(=O)[O-])=CCS[C@@H]12.[C]=O.[Na+]. The molecule has 0 saturated carbocycles. The van der Waals surface area contributed by atoms with Gasteiger partial charge in [-0.15, -0.1) is 23.5 Å². The van der Waals surface area contributed by atoms with Gasteiger partial charge in [-0.1, -0.05) is 6.58 Å². The summed E-state index contributed by atoms with van der Waals surface area (Å²) in [6.07, 6.45) is 1.52. The maximum absolute atomic E-state index is 11.6. The van der Waals surface area contributed by atoms with E-state index in [0.29, 0.717) is 5.75 Å². The Balaban J connectivity index is 0.000000917. The number of carbonyl (C=O) groups excluding carboxylic acids is 3. The first kappa shape index (κ1) is 17.8. The van der Waals surface area contributed by atoms with Gasteiger partial charge in [0, 0.05) is 5.75 Å². The van der Waals surface area contributed by atoms with Crippen molar-refractivity contribution in [1.82, 2.24) is 4.90 Å². The van der Waals surface area contributed by atoms with Gasteiger partial charge >= 0.3 is 29.6 Å². The van der Waals surface area contributed by atoms with Crippen molar-refractivity contribution in [3.8, 4) is 0 Å². The molecule has 0 aliphatic carbocycles. The van der Waals surface area contributed by atoms with Crippen molar-refractivity contribution in [2.24, 2.45) is 0 Å². The van der Waals surface area contributed by atoms with E-state index in [2.05, 4.69) is 13.4 Å². The summed E-state index contributed by atoms with van der Waals surface area (Å²) in [5, 5.41) is 12.1. The second kappa shape index (κ2) is 8.06. The number of fused-ring (bicyclic) bond motifs is 1. The van der Waals surface area contributed by atoms with Gasteiger partial charge in [-0.05, 0) is 11.5 Å². The minimum Gasteiger partial charge on any atom is -0.543 e. The van der Waals surface area contributed by atoms with E-state index in [0.717, 1.165) is 0 Å². The van der Waals surface area contributed by atoms with Crippen molar-refractivity contribution < 1.29 is 49.0 Å². The van der Waals surface area contributed by atoms with Gasteiger partial charge in [-0.25, -0.2) is 0 Å². The van der Waals surface area contributed by atoms with E-state index < -0.39 is 5.97 Å². The molecule has 0 spiro atoms. The number of carbonyl (C=O) groups is 2. The molecule has 90 valence electrons. The van der Waals surface area contributed by atoms with Gasteiger partial charge in [0.1, 0.15) is 10.6 Å². The quantitative estimate of drug-likeness (QED) is 0.395. The summed E-state index contributed by atoms with van der Waals surface area (Å²) in [5.74, 6) is -0.852. The van der Waals surface area contributed by atoms with Crippen LogP contribution < -0.4 is 34.7 Å². The first-order valence-electron chi connectivity index (χ1n) is 4.49. The van der Waals surface area contributed by atoms with Crippen LogP contribution in [0.5, 0.6) is 0 Å². The molecule has 0 N–H and O–H groups in total. The molecule has 8 heteroatoms. The van der Waals surface area contributed by atoms with Gasteiger partial charge in [-0.2, -0.15) is 0 Å². The van der Waals surface area contributed by atoms with Crippen LogP contribution in [0.25, 0.3) is 0 Å². The number of hydrogen-bond donors (Lipinski definition) is 0. The van der Waals surface area contributed by atoms with Crippen LogP contribution in [-0.4, -0.2) is 39.9 Å². The number of hydrogen-bond acceptors (Lipinski definition) is 6. The molecule has 0 aromatic rings. The van der Waals surface area contributed by atoms with Crippen molar-refractivity contribution >= 4 is 42.2 Å². The minimum absolute atomic E-state index is 0. The second-order valence-corrected chi connectivity index (χ2v) is 5.30. The van der Waals surface area contributed by atoms with Crippen LogP contribution in [-0.2, 0) is 14.4 Å². The fraction of sp³-hybridized carbons (Fsp3) is 0.300. The number of carboxylic acids is 1. The van der Waals surface area contributed by atoms with Crippen LogP contribution in [0.3, 0.4) is 0 Å². The molecule has 2 radical (unpaired) electrons. The first-order valence-corrected chi connectivity index (χ1v) is 6.49. The Kier molecular flexibility index (Phi) is 7.97. The summed E-state index contributed by atoms with van der Waals surface area (Å²) in [4.78, 5) is 31.2. The molecule has 2 rings (SSSR count). The maximum Gasteiger partial charge on any atom is 1.00 e. The van der Waals surface area contributed by atoms with Crippen LogP contribution in [0.15, 0.2) is 23.8 Å². The van der Waals surface area contributed by atoms with E-state index in [4.69, 9.17) is 4.79 Å². The zero-order valence-corrected chi connectivity index (χ0v) is 13.3. The van der Waals surface area contributed by atoms with E-state index in [-0.39, 0.29) is 51.8 Å². The van der Waals surface area contributed by atoms with Crippen molar-refractivity contribution in [2.75, 3.05) is 5.75 Å². The van der Waals surface area contributed by atoms with Gasteiger partial charge in [0.15, 0.2) is 0 Å². The van der Waals surface area contributed by atoms with Gasteiger partial charge < -0.3 is 9.90 Å². The second-order valence-electron chi connectivity index (χ2n) is 3.03. The van der Waals surface area contributed by atoms with Gasteiger partial charge in [0.05, 0.1) is 11.7 Å². The molecular weight excluding hydrogens is 285 g/mol. The molecule has 2 aliphatic heterocycles. The zero-order valence-electron chi connectivity index (χ0n) is 9.62. The number of nitrogens with zero attached hydrogens (tertiary/aromatic N) is 1. The average molecular weight is 293 g/mol. The molecule has 0 aromatic carbocycles. The third-order valence-electron chi connectivity index (χ3n) is 2.25. The third kappa shape index (κ3) is 3.21. The fourth-order valence-corrected chi connectivity index (χ4v) is 3.82.